The molecule has 0 aromatic rings. The van der Waals surface area contributed by atoms with Gasteiger partial charge in [-0.25, -0.2) is 0 Å². The Hall–Kier alpha value is -0.510. The van der Waals surface area contributed by atoms with Crippen molar-refractivity contribution < 1.29 is 9.53 Å². The molecule has 0 bridgehead atoms. The first kappa shape index (κ1) is 9.06. The van der Waals surface area contributed by atoms with Gasteiger partial charge in [0.15, 0.2) is 11.0 Å². The molecule has 0 aromatic carbocycles. The molecule has 0 amide bonds. The van der Waals surface area contributed by atoms with Crippen molar-refractivity contribution in [3.8, 4) is 0 Å². The molecule has 1 saturated heterocycles. The molecule has 2 heterocycles. The fourth-order valence-electron chi connectivity index (χ4n) is 1.64. The van der Waals surface area contributed by atoms with Crippen LogP contribution < -0.4 is 0 Å². The van der Waals surface area contributed by atoms with Crippen LogP contribution in [0.1, 0.15) is 13.8 Å². The standard InChI is InChI=1S/C9H13NO2S/c1-9(2)6(5-13-8(9)11)7-10-3-4-12-7/h6H,3-5H2,1-2H3/t6-/m1/s1. The number of ether oxygens (including phenoxy) is 1. The highest BCUT2D eigenvalue weighted by Crippen LogP contribution is 2.43. The van der Waals surface area contributed by atoms with Gasteiger partial charge in [0.25, 0.3) is 0 Å². The number of hydrogen-bond donors (Lipinski definition) is 0. The second kappa shape index (κ2) is 3.01. The van der Waals surface area contributed by atoms with Crippen LogP contribution in [0.25, 0.3) is 0 Å². The van der Waals surface area contributed by atoms with E-state index in [1.807, 2.05) is 13.8 Å². The Morgan fingerprint density at radius 1 is 1.62 bits per heavy atom. The SMILES string of the molecule is CC1(C)C(=O)SC[C@@H]1C1=NCCO1. The molecule has 0 saturated carbocycles. The van der Waals surface area contributed by atoms with E-state index in [0.29, 0.717) is 6.61 Å². The summed E-state index contributed by atoms with van der Waals surface area (Å²) < 4.78 is 5.41. The van der Waals surface area contributed by atoms with E-state index in [1.54, 1.807) is 0 Å². The van der Waals surface area contributed by atoms with Crippen LogP contribution in [0.5, 0.6) is 0 Å². The lowest BCUT2D eigenvalue weighted by molar-refractivity contribution is -0.118. The smallest absolute Gasteiger partial charge is 0.195 e. The number of aliphatic imine (C=N–C) groups is 1. The van der Waals surface area contributed by atoms with Gasteiger partial charge in [0, 0.05) is 11.2 Å². The first-order valence-electron chi connectivity index (χ1n) is 4.47. The summed E-state index contributed by atoms with van der Waals surface area (Å²) in [5.74, 6) is 1.81. The molecule has 0 unspecified atom stereocenters. The van der Waals surface area contributed by atoms with Crippen LogP contribution in [-0.2, 0) is 9.53 Å². The summed E-state index contributed by atoms with van der Waals surface area (Å²) in [4.78, 5) is 15.8. The Kier molecular flexibility index (Phi) is 2.10. The van der Waals surface area contributed by atoms with Crippen molar-refractivity contribution >= 4 is 22.8 Å². The first-order chi connectivity index (χ1) is 6.12. The van der Waals surface area contributed by atoms with E-state index >= 15 is 0 Å². The molecule has 0 aromatic heterocycles. The summed E-state index contributed by atoms with van der Waals surface area (Å²) >= 11 is 1.40. The van der Waals surface area contributed by atoms with Crippen LogP contribution in [0.4, 0.5) is 0 Å². The zero-order valence-electron chi connectivity index (χ0n) is 7.87. The summed E-state index contributed by atoms with van der Waals surface area (Å²) in [6, 6.07) is 0. The van der Waals surface area contributed by atoms with E-state index in [1.165, 1.54) is 11.8 Å². The predicted molar refractivity (Wildman–Crippen MR) is 53.0 cm³/mol. The monoisotopic (exact) mass is 199 g/mol. The van der Waals surface area contributed by atoms with E-state index in [4.69, 9.17) is 4.74 Å². The van der Waals surface area contributed by atoms with Crippen molar-refractivity contribution in [3.63, 3.8) is 0 Å². The fourth-order valence-corrected chi connectivity index (χ4v) is 3.03. The number of carbonyl (C=O) groups excluding carboxylic acids is 1. The van der Waals surface area contributed by atoms with Crippen molar-refractivity contribution in [1.82, 2.24) is 0 Å². The molecule has 72 valence electrons. The lowest BCUT2D eigenvalue weighted by atomic mass is 9.81. The van der Waals surface area contributed by atoms with Gasteiger partial charge in [0.2, 0.25) is 0 Å². The largest absolute Gasteiger partial charge is 0.479 e. The van der Waals surface area contributed by atoms with Crippen LogP contribution in [0.15, 0.2) is 4.99 Å². The maximum Gasteiger partial charge on any atom is 0.195 e. The quantitative estimate of drug-likeness (QED) is 0.639. The van der Waals surface area contributed by atoms with Gasteiger partial charge in [0.1, 0.15) is 6.61 Å². The van der Waals surface area contributed by atoms with Crippen molar-refractivity contribution in [2.45, 2.75) is 13.8 Å². The van der Waals surface area contributed by atoms with Gasteiger partial charge in [-0.1, -0.05) is 25.6 Å². The lowest BCUT2D eigenvalue weighted by Crippen LogP contribution is -2.32. The fraction of sp³-hybridized carbons (Fsp3) is 0.778. The van der Waals surface area contributed by atoms with Gasteiger partial charge in [-0.3, -0.25) is 9.79 Å². The molecule has 0 N–H and O–H groups in total. The van der Waals surface area contributed by atoms with Crippen LogP contribution in [0.2, 0.25) is 0 Å². The van der Waals surface area contributed by atoms with Gasteiger partial charge >= 0.3 is 0 Å². The summed E-state index contributed by atoms with van der Waals surface area (Å²) in [5, 5.41) is 0.260. The van der Waals surface area contributed by atoms with E-state index in [-0.39, 0.29) is 16.4 Å². The average molecular weight is 199 g/mol. The van der Waals surface area contributed by atoms with E-state index in [9.17, 15) is 4.79 Å². The lowest BCUT2D eigenvalue weighted by Gasteiger charge is -2.23. The van der Waals surface area contributed by atoms with Gasteiger partial charge in [-0.15, -0.1) is 0 Å². The van der Waals surface area contributed by atoms with E-state index in [0.717, 1.165) is 18.2 Å². The van der Waals surface area contributed by atoms with Crippen LogP contribution >= 0.6 is 11.8 Å². The number of thioether (sulfide) groups is 1. The molecule has 3 nitrogen and oxygen atoms in total. The van der Waals surface area contributed by atoms with Gasteiger partial charge in [-0.2, -0.15) is 0 Å². The molecule has 2 rings (SSSR count). The summed E-state index contributed by atoms with van der Waals surface area (Å²) in [6.07, 6.45) is 0. The number of nitrogens with zero attached hydrogens (tertiary/aromatic N) is 1. The molecular formula is C9H13NO2S. The van der Waals surface area contributed by atoms with E-state index in [2.05, 4.69) is 4.99 Å². The Labute approximate surface area is 81.9 Å². The molecule has 0 spiro atoms. The Balaban J connectivity index is 2.20. The zero-order valence-corrected chi connectivity index (χ0v) is 8.69. The first-order valence-corrected chi connectivity index (χ1v) is 5.45. The van der Waals surface area contributed by atoms with E-state index < -0.39 is 0 Å². The number of hydrogen-bond acceptors (Lipinski definition) is 4. The molecular weight excluding hydrogens is 186 g/mol. The third kappa shape index (κ3) is 1.37. The minimum absolute atomic E-state index is 0.187. The molecule has 4 heteroatoms. The third-order valence-corrected chi connectivity index (χ3v) is 3.97. The average Bonchev–Trinajstić information content (AvgIpc) is 2.62. The molecule has 2 aliphatic rings. The minimum atomic E-state index is -0.298. The molecule has 1 atom stereocenters. The minimum Gasteiger partial charge on any atom is -0.479 e. The van der Waals surface area contributed by atoms with Gasteiger partial charge < -0.3 is 4.74 Å². The van der Waals surface area contributed by atoms with Crippen molar-refractivity contribution in [2.24, 2.45) is 16.3 Å². The van der Waals surface area contributed by atoms with Crippen LogP contribution in [-0.4, -0.2) is 29.9 Å². The Morgan fingerprint density at radius 2 is 2.38 bits per heavy atom. The summed E-state index contributed by atoms with van der Waals surface area (Å²) in [5.41, 5.74) is -0.298. The maximum absolute atomic E-state index is 11.5. The highest BCUT2D eigenvalue weighted by atomic mass is 32.2. The summed E-state index contributed by atoms with van der Waals surface area (Å²) in [6.45, 7) is 5.38. The van der Waals surface area contributed by atoms with Crippen molar-refractivity contribution in [3.05, 3.63) is 0 Å². The van der Waals surface area contributed by atoms with Crippen LogP contribution in [0.3, 0.4) is 0 Å². The van der Waals surface area contributed by atoms with Gasteiger partial charge in [-0.05, 0) is 0 Å². The Morgan fingerprint density at radius 3 is 2.85 bits per heavy atom. The maximum atomic E-state index is 11.5. The highest BCUT2D eigenvalue weighted by molar-refractivity contribution is 8.14. The molecule has 0 aliphatic carbocycles. The second-order valence-electron chi connectivity index (χ2n) is 3.94. The van der Waals surface area contributed by atoms with Crippen molar-refractivity contribution in [1.29, 1.82) is 0 Å². The van der Waals surface area contributed by atoms with Crippen molar-refractivity contribution in [2.75, 3.05) is 18.9 Å². The van der Waals surface area contributed by atoms with Crippen LogP contribution in [0, 0.1) is 11.3 Å². The topological polar surface area (TPSA) is 38.7 Å². The summed E-state index contributed by atoms with van der Waals surface area (Å²) in [7, 11) is 0. The third-order valence-electron chi connectivity index (χ3n) is 2.69. The number of rotatable bonds is 1. The zero-order chi connectivity index (χ0) is 9.47. The molecule has 1 fully saturated rings. The van der Waals surface area contributed by atoms with Gasteiger partial charge in [0.05, 0.1) is 12.5 Å². The Bertz CT molecular complexity index is 273. The normalized spacial score (nSPS) is 31.7. The molecule has 2 aliphatic heterocycles. The molecule has 0 radical (unpaired) electrons. The molecule has 13 heavy (non-hydrogen) atoms. The second-order valence-corrected chi connectivity index (χ2v) is 4.93. The predicted octanol–water partition coefficient (Wildman–Crippen LogP) is 1.33. The highest BCUT2D eigenvalue weighted by Gasteiger charge is 2.47. The number of carbonyl (C=O) groups is 1.